The fourth-order valence-corrected chi connectivity index (χ4v) is 8.90. The van der Waals surface area contributed by atoms with Gasteiger partial charge >= 0.3 is 5.97 Å². The minimum atomic E-state index is -0.714. The average Bonchev–Trinajstić information content (AvgIpc) is 3.38. The Morgan fingerprint density at radius 2 is 1.67 bits per heavy atom. The summed E-state index contributed by atoms with van der Waals surface area (Å²) in [5, 5.41) is 0. The molecule has 0 saturated carbocycles. The molecule has 0 radical (unpaired) electrons. The number of carbonyl (C=O) groups excluding carboxylic acids is 1. The highest BCUT2D eigenvalue weighted by atomic mass is 127. The summed E-state index contributed by atoms with van der Waals surface area (Å²) in [6, 6.07) is 29.1. The molecule has 1 aliphatic rings. The number of esters is 1. The van der Waals surface area contributed by atoms with Gasteiger partial charge in [-0.2, -0.15) is 0 Å². The lowest BCUT2D eigenvalue weighted by Crippen LogP contribution is -2.40. The third-order valence-corrected chi connectivity index (χ3v) is 11.0. The van der Waals surface area contributed by atoms with Crippen LogP contribution in [0.5, 0.6) is 5.75 Å². The Labute approximate surface area is 318 Å². The highest BCUT2D eigenvalue weighted by molar-refractivity contribution is 14.1. The standard InChI is InChI=1S/C38H31BrI2N2O4S/c1-4-46-37(45)32-33(26-8-6-5-7-9-26)42-38-43(34(32)27-14-12-25(13-15-27)22(2)3)36(44)31(48-38)20-24-18-29(40)35(30(41)19-24)47-21-23-10-16-28(39)17-11-23/h5-20,22,34H,4,21H2,1-3H3/b31-20-/t34-/m0/s1. The van der Waals surface area contributed by atoms with Crippen LogP contribution in [0, 0.1) is 7.14 Å². The SMILES string of the molecule is CCOC(=O)C1=C(c2ccccc2)N=c2s/c(=C\c3cc(I)c(OCc4ccc(Br)cc4)c(I)c3)c(=O)n2[C@H]1c1ccc(C(C)C)cc1. The number of ether oxygens (including phenoxy) is 2. The molecular weight excluding hydrogens is 914 g/mol. The summed E-state index contributed by atoms with van der Waals surface area (Å²) in [5.41, 5.74) is 5.35. The predicted molar refractivity (Wildman–Crippen MR) is 212 cm³/mol. The number of halogens is 3. The van der Waals surface area contributed by atoms with Crippen LogP contribution in [0.3, 0.4) is 0 Å². The quantitative estimate of drug-likeness (QED) is 0.110. The lowest BCUT2D eigenvalue weighted by Gasteiger charge is -2.26. The van der Waals surface area contributed by atoms with Gasteiger partial charge in [0.25, 0.3) is 5.56 Å². The summed E-state index contributed by atoms with van der Waals surface area (Å²) in [6.45, 7) is 6.70. The van der Waals surface area contributed by atoms with E-state index in [1.807, 2.05) is 84.9 Å². The minimum absolute atomic E-state index is 0.202. The lowest BCUT2D eigenvalue weighted by molar-refractivity contribution is -0.138. The van der Waals surface area contributed by atoms with Crippen molar-refractivity contribution in [3.8, 4) is 5.75 Å². The van der Waals surface area contributed by atoms with Gasteiger partial charge in [0.2, 0.25) is 0 Å². The third kappa shape index (κ3) is 7.41. The van der Waals surface area contributed by atoms with Crippen molar-refractivity contribution in [3.05, 3.63) is 156 Å². The molecule has 6 nitrogen and oxygen atoms in total. The van der Waals surface area contributed by atoms with Crippen LogP contribution in [-0.4, -0.2) is 17.1 Å². The molecule has 0 unspecified atom stereocenters. The van der Waals surface area contributed by atoms with Gasteiger partial charge in [-0.15, -0.1) is 0 Å². The zero-order valence-electron chi connectivity index (χ0n) is 26.4. The molecular formula is C38H31BrI2N2O4S. The van der Waals surface area contributed by atoms with Crippen LogP contribution in [0.1, 0.15) is 60.5 Å². The van der Waals surface area contributed by atoms with Gasteiger partial charge in [0.15, 0.2) is 4.80 Å². The number of hydrogen-bond acceptors (Lipinski definition) is 6. The van der Waals surface area contributed by atoms with E-state index in [-0.39, 0.29) is 12.2 Å². The summed E-state index contributed by atoms with van der Waals surface area (Å²) in [5.74, 6) is 0.647. The van der Waals surface area contributed by atoms with Crippen LogP contribution in [0.2, 0.25) is 0 Å². The highest BCUT2D eigenvalue weighted by Gasteiger charge is 2.35. The van der Waals surface area contributed by atoms with Crippen molar-refractivity contribution in [1.82, 2.24) is 4.57 Å². The third-order valence-electron chi connectivity index (χ3n) is 7.91. The van der Waals surface area contributed by atoms with Crippen LogP contribution in [0.4, 0.5) is 0 Å². The molecule has 5 aromatic rings. The molecule has 0 N–H and O–H groups in total. The first-order valence-corrected chi connectivity index (χ1v) is 19.2. The van der Waals surface area contributed by atoms with E-state index in [4.69, 9.17) is 14.5 Å². The van der Waals surface area contributed by atoms with Gasteiger partial charge < -0.3 is 9.47 Å². The Hall–Kier alpha value is -3.07. The minimum Gasteiger partial charge on any atom is -0.487 e. The fourth-order valence-electron chi connectivity index (χ4n) is 5.51. The zero-order chi connectivity index (χ0) is 33.9. The largest absolute Gasteiger partial charge is 0.487 e. The second-order valence-corrected chi connectivity index (χ2v) is 15.7. The molecule has 6 rings (SSSR count). The van der Waals surface area contributed by atoms with Gasteiger partial charge in [-0.25, -0.2) is 9.79 Å². The van der Waals surface area contributed by atoms with E-state index in [1.54, 1.807) is 11.5 Å². The van der Waals surface area contributed by atoms with E-state index in [1.165, 1.54) is 16.9 Å². The molecule has 0 spiro atoms. The second-order valence-electron chi connectivity index (χ2n) is 11.5. The van der Waals surface area contributed by atoms with Crippen LogP contribution >= 0.6 is 72.4 Å². The Balaban J connectivity index is 1.48. The highest BCUT2D eigenvalue weighted by Crippen LogP contribution is 2.36. The van der Waals surface area contributed by atoms with Crippen molar-refractivity contribution in [2.45, 2.75) is 39.3 Å². The molecule has 10 heteroatoms. The first-order valence-electron chi connectivity index (χ1n) is 15.4. The zero-order valence-corrected chi connectivity index (χ0v) is 33.1. The van der Waals surface area contributed by atoms with Gasteiger partial charge in [0, 0.05) is 10.0 Å². The molecule has 48 heavy (non-hydrogen) atoms. The van der Waals surface area contributed by atoms with Gasteiger partial charge in [0.1, 0.15) is 12.4 Å². The van der Waals surface area contributed by atoms with Crippen LogP contribution in [0.25, 0.3) is 11.8 Å². The van der Waals surface area contributed by atoms with Crippen molar-refractivity contribution >= 4 is 90.2 Å². The lowest BCUT2D eigenvalue weighted by atomic mass is 9.91. The predicted octanol–water partition coefficient (Wildman–Crippen LogP) is 8.61. The number of benzene rings is 4. The summed E-state index contributed by atoms with van der Waals surface area (Å²) in [7, 11) is 0. The molecule has 1 aliphatic heterocycles. The van der Waals surface area contributed by atoms with Gasteiger partial charge in [0.05, 0.1) is 35.6 Å². The van der Waals surface area contributed by atoms with Crippen molar-refractivity contribution in [1.29, 1.82) is 0 Å². The van der Waals surface area contributed by atoms with Crippen molar-refractivity contribution in [3.63, 3.8) is 0 Å². The summed E-state index contributed by atoms with van der Waals surface area (Å²) in [4.78, 5) is 33.6. The molecule has 0 bridgehead atoms. The van der Waals surface area contributed by atoms with E-state index in [2.05, 4.69) is 87.1 Å². The molecule has 0 amide bonds. The molecule has 0 saturated heterocycles. The van der Waals surface area contributed by atoms with E-state index < -0.39 is 12.0 Å². The number of aromatic nitrogens is 1. The fraction of sp³-hybridized carbons (Fsp3) is 0.184. The molecule has 2 heterocycles. The summed E-state index contributed by atoms with van der Waals surface area (Å²) in [6.07, 6.45) is 1.89. The molecule has 1 atom stereocenters. The number of nitrogens with zero attached hydrogens (tertiary/aromatic N) is 2. The van der Waals surface area contributed by atoms with Gasteiger partial charge in [-0.1, -0.05) is 108 Å². The Kier molecular flexibility index (Phi) is 11.0. The van der Waals surface area contributed by atoms with Gasteiger partial charge in [-0.05, 0) is 111 Å². The Morgan fingerprint density at radius 1 is 1.00 bits per heavy atom. The first-order chi connectivity index (χ1) is 23.1. The summed E-state index contributed by atoms with van der Waals surface area (Å²) < 4.78 is 16.9. The normalized spacial score (nSPS) is 14.6. The monoisotopic (exact) mass is 944 g/mol. The number of carbonyl (C=O) groups is 1. The molecule has 4 aromatic carbocycles. The van der Waals surface area contributed by atoms with Crippen molar-refractivity contribution < 1.29 is 14.3 Å². The Morgan fingerprint density at radius 3 is 2.29 bits per heavy atom. The average molecular weight is 945 g/mol. The maximum atomic E-state index is 14.3. The van der Waals surface area contributed by atoms with Crippen LogP contribution < -0.4 is 19.6 Å². The number of thiazole rings is 1. The van der Waals surface area contributed by atoms with Crippen LogP contribution in [0.15, 0.2) is 111 Å². The topological polar surface area (TPSA) is 69.9 Å². The van der Waals surface area contributed by atoms with Crippen molar-refractivity contribution in [2.75, 3.05) is 6.61 Å². The molecule has 1 aromatic heterocycles. The molecule has 0 aliphatic carbocycles. The maximum Gasteiger partial charge on any atom is 0.338 e. The van der Waals surface area contributed by atoms with Crippen molar-refractivity contribution in [2.24, 2.45) is 4.99 Å². The van der Waals surface area contributed by atoms with Crippen LogP contribution in [-0.2, 0) is 16.1 Å². The number of rotatable bonds is 9. The Bertz CT molecular complexity index is 2170. The van der Waals surface area contributed by atoms with E-state index in [0.29, 0.717) is 33.1 Å². The first kappa shape index (κ1) is 34.8. The van der Waals surface area contributed by atoms with E-state index in [0.717, 1.165) is 39.6 Å². The van der Waals surface area contributed by atoms with E-state index >= 15 is 0 Å². The summed E-state index contributed by atoms with van der Waals surface area (Å²) >= 11 is 9.35. The number of hydrogen-bond donors (Lipinski definition) is 0. The van der Waals surface area contributed by atoms with Gasteiger partial charge in [-0.3, -0.25) is 9.36 Å². The van der Waals surface area contributed by atoms with E-state index in [9.17, 15) is 9.59 Å². The maximum absolute atomic E-state index is 14.3. The number of fused-ring (bicyclic) bond motifs is 1. The second kappa shape index (κ2) is 15.2. The smallest absolute Gasteiger partial charge is 0.338 e. The molecule has 244 valence electrons. The molecule has 0 fully saturated rings.